The van der Waals surface area contributed by atoms with Crippen molar-refractivity contribution in [3.05, 3.63) is 65.2 Å². The molecule has 0 spiro atoms. The van der Waals surface area contributed by atoms with Crippen molar-refractivity contribution in [2.24, 2.45) is 0 Å². The van der Waals surface area contributed by atoms with Crippen molar-refractivity contribution in [2.75, 3.05) is 12.4 Å². The molecule has 176 valence electrons. The molecule has 0 unspecified atom stereocenters. The molecule has 0 aliphatic heterocycles. The molecule has 3 rings (SSSR count). The zero-order valence-corrected chi connectivity index (χ0v) is 18.2. The van der Waals surface area contributed by atoms with Gasteiger partial charge >= 0.3 is 12.1 Å². The molecular weight excluding hydrogens is 461 g/mol. The third-order valence-electron chi connectivity index (χ3n) is 5.01. The van der Waals surface area contributed by atoms with E-state index in [-0.39, 0.29) is 5.56 Å². The summed E-state index contributed by atoms with van der Waals surface area (Å²) in [5, 5.41) is 0. The largest absolute Gasteiger partial charge is 0.748 e. The van der Waals surface area contributed by atoms with E-state index in [1.165, 1.54) is 0 Å². The van der Waals surface area contributed by atoms with Crippen LogP contribution < -0.4 is 4.74 Å². The van der Waals surface area contributed by atoms with E-state index >= 15 is 0 Å². The minimum Gasteiger partial charge on any atom is -0.748 e. The highest BCUT2D eigenvalue weighted by Gasteiger charge is 2.40. The average Bonchev–Trinajstić information content (AvgIpc) is 3.20. The van der Waals surface area contributed by atoms with Crippen LogP contribution in [0.3, 0.4) is 0 Å². The number of carbonyl (C=O) groups excluding carboxylic acids is 1. The molecule has 10 heteroatoms. The summed E-state index contributed by atoms with van der Waals surface area (Å²) in [4.78, 5) is 12.2. The quantitative estimate of drug-likeness (QED) is 0.350. The summed E-state index contributed by atoms with van der Waals surface area (Å²) < 4.78 is 83.4. The number of hydrogen-bond donors (Lipinski definition) is 0. The second-order valence-electron chi connectivity index (χ2n) is 7.53. The first-order valence-electron chi connectivity index (χ1n) is 10.1. The van der Waals surface area contributed by atoms with Crippen molar-refractivity contribution in [3.8, 4) is 17.6 Å². The maximum atomic E-state index is 13.6. The monoisotopic (exact) mass is 481 g/mol. The molecule has 0 heterocycles. The Bertz CT molecular complexity index is 1160. The first-order valence-corrected chi connectivity index (χ1v) is 11.6. The fourth-order valence-electron chi connectivity index (χ4n) is 3.40. The number of rotatable bonds is 6. The lowest BCUT2D eigenvalue weighted by atomic mass is 10.0. The van der Waals surface area contributed by atoms with Gasteiger partial charge < -0.3 is 14.0 Å². The van der Waals surface area contributed by atoms with Gasteiger partial charge in [-0.1, -0.05) is 30.0 Å². The summed E-state index contributed by atoms with van der Waals surface area (Å²) >= 11 is 0. The van der Waals surface area contributed by atoms with Gasteiger partial charge in [-0.2, -0.15) is 13.2 Å². The van der Waals surface area contributed by atoms with Gasteiger partial charge in [-0.15, -0.1) is 0 Å². The number of ether oxygens (including phenoxy) is 2. The number of halogens is 3. The predicted octanol–water partition coefficient (Wildman–Crippen LogP) is 4.15. The normalized spacial score (nSPS) is 15.4. The van der Waals surface area contributed by atoms with Crippen molar-refractivity contribution in [2.45, 2.75) is 37.5 Å². The Balaban J connectivity index is 1.91. The fourth-order valence-corrected chi connectivity index (χ4v) is 3.69. The Morgan fingerprint density at radius 1 is 1.09 bits per heavy atom. The van der Waals surface area contributed by atoms with Gasteiger partial charge in [0.1, 0.15) is 12.4 Å². The third kappa shape index (κ3) is 6.97. The number of benzene rings is 2. The van der Waals surface area contributed by atoms with Gasteiger partial charge in [0.2, 0.25) is 0 Å². The molecule has 0 N–H and O–H groups in total. The van der Waals surface area contributed by atoms with Gasteiger partial charge in [0.25, 0.3) is 0 Å². The molecule has 33 heavy (non-hydrogen) atoms. The Morgan fingerprint density at radius 3 is 2.36 bits per heavy atom. The van der Waals surface area contributed by atoms with Gasteiger partial charge in [0.15, 0.2) is 5.60 Å². The van der Waals surface area contributed by atoms with Crippen LogP contribution >= 0.6 is 0 Å². The van der Waals surface area contributed by atoms with Crippen LogP contribution in [0.15, 0.2) is 48.5 Å². The molecule has 0 saturated heterocycles. The zero-order valence-electron chi connectivity index (χ0n) is 17.4. The maximum absolute atomic E-state index is 13.6. The summed E-state index contributed by atoms with van der Waals surface area (Å²) in [5.41, 5.74) is -1.82. The summed E-state index contributed by atoms with van der Waals surface area (Å²) in [6.45, 7) is -0.714. The Kier molecular flexibility index (Phi) is 7.34. The van der Waals surface area contributed by atoms with Crippen molar-refractivity contribution in [1.82, 2.24) is 0 Å². The molecule has 2 aromatic rings. The average molecular weight is 481 g/mol. The van der Waals surface area contributed by atoms with Crippen LogP contribution in [0.4, 0.5) is 13.2 Å². The first kappa shape index (κ1) is 24.6. The number of esters is 1. The first-order chi connectivity index (χ1) is 15.5. The van der Waals surface area contributed by atoms with Gasteiger partial charge in [-0.05, 0) is 56.0 Å². The van der Waals surface area contributed by atoms with Gasteiger partial charge in [-0.3, -0.25) is 0 Å². The molecule has 6 nitrogen and oxygen atoms in total. The van der Waals surface area contributed by atoms with E-state index in [4.69, 9.17) is 9.47 Å². The van der Waals surface area contributed by atoms with E-state index in [1.54, 1.807) is 24.3 Å². The lowest BCUT2D eigenvalue weighted by Crippen LogP contribution is -2.32. The zero-order chi connectivity index (χ0) is 24.1. The minimum atomic E-state index is -4.75. The van der Waals surface area contributed by atoms with Gasteiger partial charge in [0.05, 0.1) is 27.0 Å². The standard InChI is InChI=1S/C23H21F3O6S/c24-23(25,26)19-9-8-18(21(27)31-14-15-33(28,29)30)16-20(19)32-22(11-4-5-12-22)13-10-17-6-2-1-3-7-17/h1-3,6-9,16H,4-5,11-12,14-15H2,(H,28,29,30)/p-1. The van der Waals surface area contributed by atoms with Crippen molar-refractivity contribution < 1.29 is 40.4 Å². The van der Waals surface area contributed by atoms with Gasteiger partial charge in [0, 0.05) is 5.56 Å². The van der Waals surface area contributed by atoms with Crippen molar-refractivity contribution >= 4 is 16.1 Å². The molecule has 0 atom stereocenters. The van der Waals surface area contributed by atoms with E-state index in [9.17, 15) is 30.9 Å². The molecule has 0 radical (unpaired) electrons. The highest BCUT2D eigenvalue weighted by molar-refractivity contribution is 7.85. The minimum absolute atomic E-state index is 0.273. The molecule has 1 aliphatic carbocycles. The van der Waals surface area contributed by atoms with E-state index in [2.05, 4.69) is 11.8 Å². The molecular formula is C23H20F3O6S-. The Hall–Kier alpha value is -3.03. The van der Waals surface area contributed by atoms with Crippen LogP contribution in [0.25, 0.3) is 0 Å². The Morgan fingerprint density at radius 2 is 1.76 bits per heavy atom. The smallest absolute Gasteiger partial charge is 0.419 e. The van der Waals surface area contributed by atoms with Crippen LogP contribution in [0.5, 0.6) is 5.75 Å². The molecule has 1 aliphatic rings. The number of carbonyl (C=O) groups is 1. The maximum Gasteiger partial charge on any atom is 0.419 e. The molecule has 0 aromatic heterocycles. The lowest BCUT2D eigenvalue weighted by molar-refractivity contribution is -0.139. The summed E-state index contributed by atoms with van der Waals surface area (Å²) in [7, 11) is -4.61. The van der Waals surface area contributed by atoms with Crippen LogP contribution in [0.1, 0.15) is 47.2 Å². The van der Waals surface area contributed by atoms with Crippen LogP contribution in [-0.2, 0) is 21.0 Å². The molecule has 1 fully saturated rings. The molecule has 2 aromatic carbocycles. The SMILES string of the molecule is O=C(OCCS(=O)(=O)[O-])c1ccc(C(F)(F)F)c(OC2(C#Cc3ccccc3)CCCC2)c1. The highest BCUT2D eigenvalue weighted by atomic mass is 32.2. The number of hydrogen-bond acceptors (Lipinski definition) is 6. The van der Waals surface area contributed by atoms with Crippen molar-refractivity contribution in [1.29, 1.82) is 0 Å². The summed E-state index contributed by atoms with van der Waals surface area (Å²) in [6.07, 6.45) is -2.48. The summed E-state index contributed by atoms with van der Waals surface area (Å²) in [5.74, 6) is 3.34. The lowest BCUT2D eigenvalue weighted by Gasteiger charge is -2.27. The van der Waals surface area contributed by atoms with E-state index in [1.807, 2.05) is 6.07 Å². The third-order valence-corrected chi connectivity index (χ3v) is 5.68. The second-order valence-corrected chi connectivity index (χ2v) is 9.05. The van der Waals surface area contributed by atoms with E-state index < -0.39 is 51.5 Å². The summed E-state index contributed by atoms with van der Waals surface area (Å²) in [6, 6.07) is 11.5. The highest BCUT2D eigenvalue weighted by Crippen LogP contribution is 2.41. The second kappa shape index (κ2) is 9.85. The molecule has 1 saturated carbocycles. The van der Waals surface area contributed by atoms with E-state index in [0.717, 1.165) is 25.0 Å². The predicted molar refractivity (Wildman–Crippen MR) is 111 cm³/mol. The number of alkyl halides is 3. The molecule has 0 amide bonds. The van der Waals surface area contributed by atoms with Gasteiger partial charge in [-0.25, -0.2) is 13.2 Å². The topological polar surface area (TPSA) is 92.7 Å². The molecule has 0 bridgehead atoms. The van der Waals surface area contributed by atoms with Crippen molar-refractivity contribution in [3.63, 3.8) is 0 Å². The van der Waals surface area contributed by atoms with Crippen LogP contribution in [0.2, 0.25) is 0 Å². The fraction of sp³-hybridized carbons (Fsp3) is 0.348. The van der Waals surface area contributed by atoms with Crippen LogP contribution in [-0.4, -0.2) is 36.9 Å². The van der Waals surface area contributed by atoms with Crippen LogP contribution in [0, 0.1) is 11.8 Å². The Labute approximate surface area is 189 Å². The van der Waals surface area contributed by atoms with E-state index in [0.29, 0.717) is 24.5 Å².